The molecular weight excluding hydrogens is 412 g/mol. The maximum absolute atomic E-state index is 12.6. The summed E-state index contributed by atoms with van der Waals surface area (Å²) in [4.78, 5) is 33.3. The molecule has 2 amide bonds. The summed E-state index contributed by atoms with van der Waals surface area (Å²) in [6.07, 6.45) is 11.3. The third-order valence-corrected chi connectivity index (χ3v) is 7.09. The molecule has 2 aliphatic carbocycles. The van der Waals surface area contributed by atoms with Crippen LogP contribution >= 0.6 is 0 Å². The van der Waals surface area contributed by atoms with E-state index in [1.165, 1.54) is 25.7 Å². The summed E-state index contributed by atoms with van der Waals surface area (Å²) < 4.78 is 0. The van der Waals surface area contributed by atoms with Gasteiger partial charge in [-0.2, -0.15) is 0 Å². The first-order chi connectivity index (χ1) is 16.2. The minimum Gasteiger partial charge on any atom is -0.349 e. The van der Waals surface area contributed by atoms with Gasteiger partial charge in [-0.25, -0.2) is 4.98 Å². The highest BCUT2D eigenvalue weighted by molar-refractivity contribution is 5.98. The molecule has 2 aliphatic rings. The zero-order chi connectivity index (χ0) is 22.6. The third kappa shape index (κ3) is 5.10. The predicted octanol–water partition coefficient (Wildman–Crippen LogP) is 5.81. The molecule has 6 heteroatoms. The van der Waals surface area contributed by atoms with E-state index >= 15 is 0 Å². The van der Waals surface area contributed by atoms with Crippen LogP contribution in [0.5, 0.6) is 0 Å². The van der Waals surface area contributed by atoms with E-state index in [0.29, 0.717) is 11.6 Å². The lowest BCUT2D eigenvalue weighted by Crippen LogP contribution is -2.32. The molecule has 3 N–H and O–H groups in total. The van der Waals surface area contributed by atoms with Crippen LogP contribution in [0.3, 0.4) is 0 Å². The first-order valence-electron chi connectivity index (χ1n) is 12.4. The lowest BCUT2D eigenvalue weighted by Gasteiger charge is -2.14. The number of fused-ring (bicyclic) bond motifs is 1. The second kappa shape index (κ2) is 9.77. The minimum atomic E-state index is -0.0197. The van der Waals surface area contributed by atoms with Crippen LogP contribution in [0, 0.1) is 5.92 Å². The number of aromatic nitrogens is 2. The average Bonchev–Trinajstić information content (AvgIpc) is 3.41. The average molecular weight is 445 g/mol. The summed E-state index contributed by atoms with van der Waals surface area (Å²) in [5.41, 5.74) is 4.08. The highest BCUT2D eigenvalue weighted by Crippen LogP contribution is 2.26. The minimum absolute atomic E-state index is 0.0197. The number of aromatic amines is 1. The third-order valence-electron chi connectivity index (χ3n) is 7.09. The lowest BCUT2D eigenvalue weighted by molar-refractivity contribution is -0.120. The Bertz CT molecular complexity index is 1120. The summed E-state index contributed by atoms with van der Waals surface area (Å²) in [6, 6.07) is 13.7. The summed E-state index contributed by atoms with van der Waals surface area (Å²) in [5.74, 6) is 0.994. The van der Waals surface area contributed by atoms with Crippen molar-refractivity contribution in [2.45, 2.75) is 70.3 Å². The van der Waals surface area contributed by atoms with Crippen LogP contribution in [-0.2, 0) is 4.79 Å². The zero-order valence-electron chi connectivity index (χ0n) is 19.0. The maximum atomic E-state index is 12.6. The first-order valence-corrected chi connectivity index (χ1v) is 12.4. The number of benzene rings is 2. The van der Waals surface area contributed by atoms with Crippen molar-refractivity contribution in [1.29, 1.82) is 0 Å². The van der Waals surface area contributed by atoms with Crippen LogP contribution in [0.4, 0.5) is 5.69 Å². The summed E-state index contributed by atoms with van der Waals surface area (Å²) in [7, 11) is 0. The molecule has 0 radical (unpaired) electrons. The van der Waals surface area contributed by atoms with Crippen molar-refractivity contribution in [3.8, 4) is 11.4 Å². The highest BCUT2D eigenvalue weighted by atomic mass is 16.2. The molecular formula is C27H32N4O2. The molecule has 172 valence electrons. The Morgan fingerprint density at radius 3 is 2.27 bits per heavy atom. The summed E-state index contributed by atoms with van der Waals surface area (Å²) in [5, 5.41) is 6.22. The van der Waals surface area contributed by atoms with Gasteiger partial charge in [0.1, 0.15) is 5.82 Å². The summed E-state index contributed by atoms with van der Waals surface area (Å²) in [6.45, 7) is 0. The van der Waals surface area contributed by atoms with Crippen LogP contribution in [0.1, 0.15) is 74.6 Å². The smallest absolute Gasteiger partial charge is 0.251 e. The van der Waals surface area contributed by atoms with Crippen LogP contribution in [0.2, 0.25) is 0 Å². The van der Waals surface area contributed by atoms with E-state index in [0.717, 1.165) is 66.6 Å². The van der Waals surface area contributed by atoms with Crippen molar-refractivity contribution in [2.24, 2.45) is 5.92 Å². The molecule has 3 aromatic rings. The van der Waals surface area contributed by atoms with Gasteiger partial charge in [-0.05, 0) is 68.1 Å². The topological polar surface area (TPSA) is 86.9 Å². The molecule has 1 heterocycles. The van der Waals surface area contributed by atoms with E-state index in [-0.39, 0.29) is 17.7 Å². The van der Waals surface area contributed by atoms with E-state index in [1.54, 1.807) is 0 Å². The second-order valence-electron chi connectivity index (χ2n) is 9.53. The fraction of sp³-hybridized carbons (Fsp3) is 0.444. The van der Waals surface area contributed by atoms with Gasteiger partial charge in [-0.3, -0.25) is 9.59 Å². The largest absolute Gasteiger partial charge is 0.349 e. The molecule has 2 saturated carbocycles. The van der Waals surface area contributed by atoms with Crippen molar-refractivity contribution < 1.29 is 9.59 Å². The maximum Gasteiger partial charge on any atom is 0.251 e. The van der Waals surface area contributed by atoms with Crippen molar-refractivity contribution >= 4 is 28.5 Å². The number of hydrogen-bond donors (Lipinski definition) is 3. The van der Waals surface area contributed by atoms with Crippen LogP contribution < -0.4 is 10.6 Å². The molecule has 6 nitrogen and oxygen atoms in total. The second-order valence-corrected chi connectivity index (χ2v) is 9.53. The van der Waals surface area contributed by atoms with Gasteiger partial charge in [0.05, 0.1) is 11.0 Å². The van der Waals surface area contributed by atoms with Gasteiger partial charge in [0, 0.05) is 28.8 Å². The Hall–Kier alpha value is -3.15. The quantitative estimate of drug-likeness (QED) is 0.434. The number of amides is 2. The van der Waals surface area contributed by atoms with E-state index in [1.807, 2.05) is 42.5 Å². The van der Waals surface area contributed by atoms with Crippen LogP contribution in [0.25, 0.3) is 22.4 Å². The SMILES string of the molecule is O=C(NC1CCCC1)c1ccc2nc(-c3ccc(NC(=O)C4CCCCCC4)cc3)[nH]c2c1. The highest BCUT2D eigenvalue weighted by Gasteiger charge is 2.20. The fourth-order valence-electron chi connectivity index (χ4n) is 5.12. The number of nitrogens with zero attached hydrogens (tertiary/aromatic N) is 1. The van der Waals surface area contributed by atoms with Crippen molar-refractivity contribution in [2.75, 3.05) is 5.32 Å². The molecule has 0 spiro atoms. The number of rotatable bonds is 5. The molecule has 2 fully saturated rings. The Morgan fingerprint density at radius 2 is 1.55 bits per heavy atom. The van der Waals surface area contributed by atoms with E-state index < -0.39 is 0 Å². The first kappa shape index (κ1) is 21.7. The number of anilines is 1. The monoisotopic (exact) mass is 444 g/mol. The van der Waals surface area contributed by atoms with Gasteiger partial charge in [0.15, 0.2) is 0 Å². The fourth-order valence-corrected chi connectivity index (χ4v) is 5.12. The molecule has 0 saturated heterocycles. The Morgan fingerprint density at radius 1 is 0.848 bits per heavy atom. The molecule has 0 aliphatic heterocycles. The molecule has 0 bridgehead atoms. The normalized spacial score (nSPS) is 17.7. The summed E-state index contributed by atoms with van der Waals surface area (Å²) >= 11 is 0. The van der Waals surface area contributed by atoms with Crippen LogP contribution in [-0.4, -0.2) is 27.8 Å². The predicted molar refractivity (Wildman–Crippen MR) is 131 cm³/mol. The van der Waals surface area contributed by atoms with Gasteiger partial charge in [0.25, 0.3) is 5.91 Å². The van der Waals surface area contributed by atoms with Crippen LogP contribution in [0.15, 0.2) is 42.5 Å². The van der Waals surface area contributed by atoms with Gasteiger partial charge in [-0.15, -0.1) is 0 Å². The molecule has 1 aromatic heterocycles. The van der Waals surface area contributed by atoms with Gasteiger partial charge < -0.3 is 15.6 Å². The zero-order valence-corrected chi connectivity index (χ0v) is 19.0. The molecule has 2 aromatic carbocycles. The lowest BCUT2D eigenvalue weighted by atomic mass is 9.99. The molecule has 33 heavy (non-hydrogen) atoms. The standard InChI is InChI=1S/C27H32N4O2/c32-26(19-7-3-1-2-4-8-19)29-22-14-11-18(12-15-22)25-30-23-16-13-20(17-24(23)31-25)27(33)28-21-9-5-6-10-21/h11-17,19,21H,1-10H2,(H,28,33)(H,29,32)(H,30,31). The van der Waals surface area contributed by atoms with E-state index in [2.05, 4.69) is 20.6 Å². The number of imidazole rings is 1. The Balaban J connectivity index is 1.26. The molecule has 0 unspecified atom stereocenters. The molecule has 5 rings (SSSR count). The van der Waals surface area contributed by atoms with E-state index in [9.17, 15) is 9.59 Å². The van der Waals surface area contributed by atoms with E-state index in [4.69, 9.17) is 0 Å². The van der Waals surface area contributed by atoms with Gasteiger partial charge in [-0.1, -0.05) is 38.5 Å². The Kier molecular flexibility index (Phi) is 6.42. The number of carbonyl (C=O) groups is 2. The number of H-pyrrole nitrogens is 1. The van der Waals surface area contributed by atoms with Gasteiger partial charge >= 0.3 is 0 Å². The van der Waals surface area contributed by atoms with Gasteiger partial charge in [0.2, 0.25) is 5.91 Å². The number of carbonyl (C=O) groups excluding carboxylic acids is 2. The Labute approximate surface area is 194 Å². The molecule has 0 atom stereocenters. The van der Waals surface area contributed by atoms with Crippen molar-refractivity contribution in [1.82, 2.24) is 15.3 Å². The van der Waals surface area contributed by atoms with Crippen molar-refractivity contribution in [3.63, 3.8) is 0 Å². The van der Waals surface area contributed by atoms with Crippen molar-refractivity contribution in [3.05, 3.63) is 48.0 Å². The number of nitrogens with one attached hydrogen (secondary N) is 3. The number of hydrogen-bond acceptors (Lipinski definition) is 3.